The summed E-state index contributed by atoms with van der Waals surface area (Å²) in [6, 6.07) is 10.7. The highest BCUT2D eigenvalue weighted by molar-refractivity contribution is 6.06. The van der Waals surface area contributed by atoms with Gasteiger partial charge >= 0.3 is 11.9 Å². The number of aryl methyl sites for hydroxylation is 1. The molecule has 0 aliphatic heterocycles. The van der Waals surface area contributed by atoms with E-state index in [1.54, 1.807) is 24.3 Å². The van der Waals surface area contributed by atoms with Crippen LogP contribution in [0.1, 0.15) is 17.5 Å². The summed E-state index contributed by atoms with van der Waals surface area (Å²) in [5.41, 5.74) is 0.257. The highest BCUT2D eigenvalue weighted by Gasteiger charge is 2.30. The lowest BCUT2D eigenvalue weighted by Crippen LogP contribution is -2.31. The van der Waals surface area contributed by atoms with Crippen molar-refractivity contribution in [1.82, 2.24) is 9.88 Å². The quantitative estimate of drug-likeness (QED) is 0.541. The summed E-state index contributed by atoms with van der Waals surface area (Å²) < 4.78 is 44.0. The Hall–Kier alpha value is -3.36. The molecule has 9 heteroatoms. The zero-order valence-electron chi connectivity index (χ0n) is 13.8. The lowest BCUT2D eigenvalue weighted by molar-refractivity contribution is -0.137. The third-order valence-electron chi connectivity index (χ3n) is 3.90. The van der Waals surface area contributed by atoms with E-state index in [-0.39, 0.29) is 24.4 Å². The van der Waals surface area contributed by atoms with Gasteiger partial charge in [-0.15, -0.1) is 0 Å². The highest BCUT2D eigenvalue weighted by atomic mass is 19.4. The first-order valence-corrected chi connectivity index (χ1v) is 7.90. The van der Waals surface area contributed by atoms with Crippen molar-refractivity contribution >= 4 is 22.8 Å². The largest absolute Gasteiger partial charge is 0.419 e. The van der Waals surface area contributed by atoms with E-state index in [0.29, 0.717) is 11.1 Å². The lowest BCUT2D eigenvalue weighted by Gasteiger charge is -2.09. The molecule has 1 heterocycles. The zero-order valence-corrected chi connectivity index (χ0v) is 13.8. The molecule has 0 spiro atoms. The van der Waals surface area contributed by atoms with Gasteiger partial charge in [0.1, 0.15) is 5.84 Å². The smallest absolute Gasteiger partial charge is 0.408 e. The fourth-order valence-electron chi connectivity index (χ4n) is 2.54. The molecular weight excluding hydrogens is 363 g/mol. The molecule has 0 bridgehead atoms. The topological polar surface area (TPSA) is 88.1 Å². The van der Waals surface area contributed by atoms with Crippen molar-refractivity contribution in [3.63, 3.8) is 0 Å². The van der Waals surface area contributed by atoms with Crippen molar-refractivity contribution in [2.45, 2.75) is 19.1 Å². The Balaban J connectivity index is 1.63. The summed E-state index contributed by atoms with van der Waals surface area (Å²) in [7, 11) is 0. The second-order valence-electron chi connectivity index (χ2n) is 5.74. The fraction of sp³-hybridized carbons (Fsp3) is 0.167. The van der Waals surface area contributed by atoms with Crippen LogP contribution in [0.4, 0.5) is 13.2 Å². The zero-order chi connectivity index (χ0) is 19.6. The van der Waals surface area contributed by atoms with E-state index in [4.69, 9.17) is 9.83 Å². The Morgan fingerprint density at radius 3 is 2.44 bits per heavy atom. The minimum Gasteiger partial charge on any atom is -0.408 e. The number of aromatic nitrogens is 1. The molecule has 140 valence electrons. The maximum Gasteiger partial charge on any atom is 0.419 e. The summed E-state index contributed by atoms with van der Waals surface area (Å²) in [6.07, 6.45) is -4.57. The van der Waals surface area contributed by atoms with Gasteiger partial charge in [-0.05, 0) is 24.3 Å². The summed E-state index contributed by atoms with van der Waals surface area (Å²) in [6.45, 7) is 0.0436. The van der Waals surface area contributed by atoms with Gasteiger partial charge in [0, 0.05) is 18.5 Å². The summed E-state index contributed by atoms with van der Waals surface area (Å²) in [5, 5.41) is 10.1. The number of nitrogens with zero attached hydrogens (tertiary/aromatic N) is 1. The maximum absolute atomic E-state index is 12.6. The van der Waals surface area contributed by atoms with Gasteiger partial charge in [-0.25, -0.2) is 4.79 Å². The Morgan fingerprint density at radius 1 is 1.11 bits per heavy atom. The number of oxazole rings is 1. The number of rotatable bonds is 4. The number of hydrogen-bond donors (Lipinski definition) is 2. The van der Waals surface area contributed by atoms with E-state index in [9.17, 15) is 22.8 Å². The predicted molar refractivity (Wildman–Crippen MR) is 91.5 cm³/mol. The van der Waals surface area contributed by atoms with Gasteiger partial charge in [0.15, 0.2) is 5.58 Å². The van der Waals surface area contributed by atoms with Crippen LogP contribution in [0.15, 0.2) is 57.7 Å². The van der Waals surface area contributed by atoms with Gasteiger partial charge in [-0.1, -0.05) is 24.3 Å². The minimum absolute atomic E-state index is 0.0436. The third-order valence-corrected chi connectivity index (χ3v) is 3.90. The van der Waals surface area contributed by atoms with Crippen molar-refractivity contribution in [3.05, 3.63) is 70.2 Å². The van der Waals surface area contributed by atoms with Crippen molar-refractivity contribution in [3.8, 4) is 0 Å². The van der Waals surface area contributed by atoms with Gasteiger partial charge in [-0.2, -0.15) is 13.2 Å². The summed E-state index contributed by atoms with van der Waals surface area (Å²) in [5.74, 6) is -1.46. The molecule has 2 N–H and O–H groups in total. The van der Waals surface area contributed by atoms with Gasteiger partial charge < -0.3 is 9.73 Å². The first-order valence-electron chi connectivity index (χ1n) is 7.90. The Labute approximate surface area is 150 Å². The fourth-order valence-corrected chi connectivity index (χ4v) is 2.54. The molecule has 3 aromatic rings. The predicted octanol–water partition coefficient (Wildman–Crippen LogP) is 3.15. The lowest BCUT2D eigenvalue weighted by atomic mass is 10.1. The van der Waals surface area contributed by atoms with E-state index in [1.165, 1.54) is 4.57 Å². The molecule has 6 nitrogen and oxygen atoms in total. The van der Waals surface area contributed by atoms with Crippen molar-refractivity contribution in [2.24, 2.45) is 0 Å². The maximum atomic E-state index is 12.6. The second kappa shape index (κ2) is 7.10. The molecule has 0 radical (unpaired) electrons. The Morgan fingerprint density at radius 2 is 1.78 bits per heavy atom. The monoisotopic (exact) mass is 377 g/mol. The number of carbonyl (C=O) groups is 1. The molecule has 0 atom stereocenters. The number of halogens is 3. The normalized spacial score (nSPS) is 11.5. The molecular formula is C18H14F3N3O3. The van der Waals surface area contributed by atoms with Gasteiger partial charge in [-0.3, -0.25) is 14.8 Å². The molecule has 27 heavy (non-hydrogen) atoms. The number of fused-ring (bicyclic) bond motifs is 1. The van der Waals surface area contributed by atoms with Gasteiger partial charge in [0.05, 0.1) is 11.1 Å². The van der Waals surface area contributed by atoms with E-state index in [1.807, 2.05) is 0 Å². The highest BCUT2D eigenvalue weighted by Crippen LogP contribution is 2.29. The standard InChI is InChI=1S/C18H14F3N3O3/c19-18(20,21)12-7-5-11(6-8-12)16(22)23-15(25)9-10-24-13-3-1-2-4-14(13)27-17(24)26/h1-8H,9-10H2,(H2,22,23,25). The molecule has 0 aliphatic carbocycles. The third kappa shape index (κ3) is 4.08. The first kappa shape index (κ1) is 18.4. The van der Waals surface area contributed by atoms with Crippen LogP contribution in [0.3, 0.4) is 0 Å². The Kier molecular flexibility index (Phi) is 4.85. The molecule has 3 rings (SSSR count). The van der Waals surface area contributed by atoms with Crippen LogP contribution < -0.4 is 11.1 Å². The number of hydrogen-bond acceptors (Lipinski definition) is 4. The van der Waals surface area contributed by atoms with Gasteiger partial charge in [0.2, 0.25) is 5.91 Å². The summed E-state index contributed by atoms with van der Waals surface area (Å²) >= 11 is 0. The van der Waals surface area contributed by atoms with E-state index in [0.717, 1.165) is 24.3 Å². The molecule has 2 aromatic carbocycles. The van der Waals surface area contributed by atoms with Crippen LogP contribution in [0.5, 0.6) is 0 Å². The number of para-hydroxylation sites is 2. The number of amides is 1. The Bertz CT molecular complexity index is 1050. The molecule has 0 fully saturated rings. The molecule has 0 saturated heterocycles. The van der Waals surface area contributed by atoms with Gasteiger partial charge in [0.25, 0.3) is 0 Å². The van der Waals surface area contributed by atoms with Crippen LogP contribution in [-0.4, -0.2) is 16.3 Å². The molecule has 1 aromatic heterocycles. The van der Waals surface area contributed by atoms with Crippen molar-refractivity contribution in [2.75, 3.05) is 0 Å². The van der Waals surface area contributed by atoms with Crippen LogP contribution >= 0.6 is 0 Å². The number of alkyl halides is 3. The number of carbonyl (C=O) groups excluding carboxylic acids is 1. The molecule has 1 amide bonds. The van der Waals surface area contributed by atoms with Crippen LogP contribution in [0.2, 0.25) is 0 Å². The van der Waals surface area contributed by atoms with Crippen LogP contribution in [-0.2, 0) is 17.5 Å². The minimum atomic E-state index is -4.47. The van der Waals surface area contributed by atoms with E-state index < -0.39 is 23.4 Å². The second-order valence-corrected chi connectivity index (χ2v) is 5.74. The van der Waals surface area contributed by atoms with Crippen LogP contribution in [0.25, 0.3) is 11.1 Å². The first-order chi connectivity index (χ1) is 12.8. The molecule has 0 saturated carbocycles. The number of benzene rings is 2. The molecule has 0 aliphatic rings. The average Bonchev–Trinajstić information content (AvgIpc) is 2.94. The van der Waals surface area contributed by atoms with E-state index in [2.05, 4.69) is 5.32 Å². The summed E-state index contributed by atoms with van der Waals surface area (Å²) in [4.78, 5) is 23.9. The van der Waals surface area contributed by atoms with Crippen molar-refractivity contribution < 1.29 is 22.4 Å². The SMILES string of the molecule is N=C(NC(=O)CCn1c(=O)oc2ccccc21)c1ccc(C(F)(F)F)cc1. The van der Waals surface area contributed by atoms with E-state index >= 15 is 0 Å². The van der Waals surface area contributed by atoms with Crippen LogP contribution in [0, 0.1) is 5.41 Å². The molecule has 0 unspecified atom stereocenters. The van der Waals surface area contributed by atoms with Crippen molar-refractivity contribution in [1.29, 1.82) is 5.41 Å². The number of amidine groups is 1. The number of nitrogens with one attached hydrogen (secondary N) is 2. The average molecular weight is 377 g/mol.